The number of nitrogens with two attached hydrogens (primary N) is 1. The summed E-state index contributed by atoms with van der Waals surface area (Å²) in [5, 5.41) is 15.0. The molecular weight excluding hydrogens is 282 g/mol. The number of rotatable bonds is 2. The molecule has 0 aliphatic carbocycles. The van der Waals surface area contributed by atoms with Gasteiger partial charge < -0.3 is 5.73 Å². The van der Waals surface area contributed by atoms with Gasteiger partial charge in [0, 0.05) is 17.3 Å². The van der Waals surface area contributed by atoms with Crippen molar-refractivity contribution in [3.63, 3.8) is 0 Å². The van der Waals surface area contributed by atoms with Crippen molar-refractivity contribution < 1.29 is 0 Å². The molecule has 4 rings (SSSR count). The molecule has 0 saturated carbocycles. The van der Waals surface area contributed by atoms with E-state index >= 15 is 0 Å². The van der Waals surface area contributed by atoms with Crippen LogP contribution in [0.4, 0.5) is 5.82 Å². The van der Waals surface area contributed by atoms with Gasteiger partial charge in [-0.05, 0) is 17.5 Å². The normalized spacial score (nSPS) is 11.3. The summed E-state index contributed by atoms with van der Waals surface area (Å²) in [6.45, 7) is 0. The number of hydrogen-bond donors (Lipinski definition) is 2. The molecule has 0 fully saturated rings. The van der Waals surface area contributed by atoms with Gasteiger partial charge in [0.1, 0.15) is 5.69 Å². The van der Waals surface area contributed by atoms with Crippen LogP contribution >= 0.6 is 11.3 Å². The number of nitrogens with zero attached hydrogens (tertiary/aromatic N) is 3. The zero-order valence-corrected chi connectivity index (χ0v) is 12.2. The van der Waals surface area contributed by atoms with Gasteiger partial charge in [0.2, 0.25) is 0 Å². The molecule has 0 aliphatic heterocycles. The van der Waals surface area contributed by atoms with Crippen molar-refractivity contribution in [2.45, 2.75) is 0 Å². The largest absolute Gasteiger partial charge is 0.382 e. The minimum Gasteiger partial charge on any atom is -0.382 e. The third-order valence-electron chi connectivity index (χ3n) is 3.56. The Balaban J connectivity index is 2.03. The van der Waals surface area contributed by atoms with Crippen LogP contribution < -0.4 is 5.73 Å². The number of aryl methyl sites for hydroxylation is 1. The van der Waals surface area contributed by atoms with E-state index in [1.165, 1.54) is 0 Å². The van der Waals surface area contributed by atoms with Crippen LogP contribution in [-0.4, -0.2) is 20.0 Å². The van der Waals surface area contributed by atoms with Crippen molar-refractivity contribution in [2.24, 2.45) is 7.05 Å². The quantitative estimate of drug-likeness (QED) is 0.596. The number of fused-ring (bicyclic) bond motifs is 1. The van der Waals surface area contributed by atoms with Crippen LogP contribution in [0, 0.1) is 0 Å². The average Bonchev–Trinajstić information content (AvgIpc) is 3.19. The van der Waals surface area contributed by atoms with E-state index in [4.69, 9.17) is 5.73 Å². The molecule has 3 aromatic heterocycles. The summed E-state index contributed by atoms with van der Waals surface area (Å²) in [6.07, 6.45) is 0. The fraction of sp³-hybridized carbons (Fsp3) is 0.0667. The van der Waals surface area contributed by atoms with Gasteiger partial charge in [-0.1, -0.05) is 24.3 Å². The highest BCUT2D eigenvalue weighted by atomic mass is 32.1. The van der Waals surface area contributed by atoms with Gasteiger partial charge in [-0.15, -0.1) is 11.3 Å². The molecule has 3 heterocycles. The first-order valence-corrected chi connectivity index (χ1v) is 7.43. The third-order valence-corrected chi connectivity index (χ3v) is 4.44. The number of aromatic amines is 1. The highest BCUT2D eigenvalue weighted by Gasteiger charge is 2.20. The standard InChI is InChI=1S/C15H13N5S/c1-20-10-6-3-2-5-9(10)13(19-20)14-12(15(16)18-17-14)11-7-4-8-21-11/h2-8H,1H3,(H3,16,17,18). The molecule has 3 N–H and O–H groups in total. The molecule has 0 spiro atoms. The van der Waals surface area contributed by atoms with Gasteiger partial charge in [0.05, 0.1) is 16.8 Å². The number of H-pyrrole nitrogens is 1. The van der Waals surface area contributed by atoms with E-state index in [0.29, 0.717) is 5.82 Å². The molecule has 0 atom stereocenters. The van der Waals surface area contributed by atoms with E-state index < -0.39 is 0 Å². The highest BCUT2D eigenvalue weighted by Crippen LogP contribution is 2.38. The minimum absolute atomic E-state index is 0.502. The van der Waals surface area contributed by atoms with Gasteiger partial charge in [-0.25, -0.2) is 0 Å². The zero-order chi connectivity index (χ0) is 14.4. The second-order valence-electron chi connectivity index (χ2n) is 4.83. The summed E-state index contributed by atoms with van der Waals surface area (Å²) in [4.78, 5) is 1.09. The molecule has 21 heavy (non-hydrogen) atoms. The number of nitrogen functional groups attached to an aromatic ring is 1. The van der Waals surface area contributed by atoms with Crippen LogP contribution in [0.5, 0.6) is 0 Å². The molecular formula is C15H13N5S. The van der Waals surface area contributed by atoms with Gasteiger partial charge in [0.25, 0.3) is 0 Å². The SMILES string of the molecule is Cn1nc(-c2[nH]nc(N)c2-c2cccs2)c2ccccc21. The lowest BCUT2D eigenvalue weighted by Crippen LogP contribution is -1.90. The van der Waals surface area contributed by atoms with Crippen molar-refractivity contribution in [3.05, 3.63) is 41.8 Å². The van der Waals surface area contributed by atoms with Crippen LogP contribution in [0.25, 0.3) is 32.7 Å². The van der Waals surface area contributed by atoms with E-state index in [0.717, 1.165) is 32.7 Å². The Kier molecular flexibility index (Phi) is 2.58. The third kappa shape index (κ3) is 1.76. The number of para-hydroxylation sites is 1. The van der Waals surface area contributed by atoms with Gasteiger partial charge in [0.15, 0.2) is 5.82 Å². The Morgan fingerprint density at radius 2 is 2.05 bits per heavy atom. The smallest absolute Gasteiger partial charge is 0.154 e. The van der Waals surface area contributed by atoms with Gasteiger partial charge in [-0.2, -0.15) is 10.2 Å². The summed E-state index contributed by atoms with van der Waals surface area (Å²) in [6, 6.07) is 12.2. The maximum atomic E-state index is 6.05. The first-order chi connectivity index (χ1) is 10.3. The number of hydrogen-bond acceptors (Lipinski definition) is 4. The Morgan fingerprint density at radius 3 is 2.86 bits per heavy atom. The van der Waals surface area contributed by atoms with E-state index in [2.05, 4.69) is 27.4 Å². The Labute approximate surface area is 125 Å². The first kappa shape index (κ1) is 12.2. The van der Waals surface area contributed by atoms with Gasteiger partial charge in [-0.3, -0.25) is 9.78 Å². The minimum atomic E-state index is 0.502. The molecule has 0 aliphatic rings. The van der Waals surface area contributed by atoms with Crippen molar-refractivity contribution in [2.75, 3.05) is 5.73 Å². The monoisotopic (exact) mass is 295 g/mol. The summed E-state index contributed by atoms with van der Waals surface area (Å²) in [7, 11) is 1.94. The second-order valence-corrected chi connectivity index (χ2v) is 5.77. The lowest BCUT2D eigenvalue weighted by atomic mass is 10.1. The number of aromatic nitrogens is 4. The van der Waals surface area contributed by atoms with Crippen molar-refractivity contribution in [3.8, 4) is 21.8 Å². The average molecular weight is 295 g/mol. The number of anilines is 1. The van der Waals surface area contributed by atoms with E-state index in [9.17, 15) is 0 Å². The van der Waals surface area contributed by atoms with Crippen molar-refractivity contribution in [1.82, 2.24) is 20.0 Å². The summed E-state index contributed by atoms with van der Waals surface area (Å²) in [5.74, 6) is 0.502. The van der Waals surface area contributed by atoms with Crippen LogP contribution in [-0.2, 0) is 7.05 Å². The van der Waals surface area contributed by atoms with Crippen LogP contribution in [0.1, 0.15) is 0 Å². The van der Waals surface area contributed by atoms with Crippen molar-refractivity contribution >= 4 is 28.1 Å². The zero-order valence-electron chi connectivity index (χ0n) is 11.4. The van der Waals surface area contributed by atoms with E-state index in [1.807, 2.05) is 41.4 Å². The van der Waals surface area contributed by atoms with Crippen LogP contribution in [0.15, 0.2) is 41.8 Å². The van der Waals surface area contributed by atoms with Crippen LogP contribution in [0.2, 0.25) is 0 Å². The maximum absolute atomic E-state index is 6.05. The second kappa shape index (κ2) is 4.46. The Hall–Kier alpha value is -2.60. The molecule has 0 bridgehead atoms. The fourth-order valence-corrected chi connectivity index (χ4v) is 3.38. The summed E-state index contributed by atoms with van der Waals surface area (Å²) in [5.41, 5.74) is 9.80. The van der Waals surface area contributed by atoms with Crippen LogP contribution in [0.3, 0.4) is 0 Å². The summed E-state index contributed by atoms with van der Waals surface area (Å²) >= 11 is 1.64. The van der Waals surface area contributed by atoms with Gasteiger partial charge >= 0.3 is 0 Å². The van der Waals surface area contributed by atoms with Crippen molar-refractivity contribution in [1.29, 1.82) is 0 Å². The predicted octanol–water partition coefficient (Wildman–Crippen LogP) is 3.27. The van der Waals surface area contributed by atoms with E-state index in [1.54, 1.807) is 11.3 Å². The molecule has 5 nitrogen and oxygen atoms in total. The molecule has 0 unspecified atom stereocenters. The molecule has 4 aromatic rings. The lowest BCUT2D eigenvalue weighted by Gasteiger charge is -1.99. The molecule has 6 heteroatoms. The van der Waals surface area contributed by atoms with E-state index in [-0.39, 0.29) is 0 Å². The first-order valence-electron chi connectivity index (χ1n) is 6.55. The number of nitrogens with one attached hydrogen (secondary N) is 1. The molecule has 1 aromatic carbocycles. The topological polar surface area (TPSA) is 72.5 Å². The molecule has 104 valence electrons. The highest BCUT2D eigenvalue weighted by molar-refractivity contribution is 7.13. The predicted molar refractivity (Wildman–Crippen MR) is 86.0 cm³/mol. The molecule has 0 radical (unpaired) electrons. The summed E-state index contributed by atoms with van der Waals surface area (Å²) < 4.78 is 1.87. The number of benzene rings is 1. The maximum Gasteiger partial charge on any atom is 0.154 e. The number of thiophene rings is 1. The molecule has 0 amide bonds. The lowest BCUT2D eigenvalue weighted by molar-refractivity contribution is 0.799. The Bertz CT molecular complexity index is 917. The molecule has 0 saturated heterocycles. The Morgan fingerprint density at radius 1 is 1.19 bits per heavy atom. The fourth-order valence-electron chi connectivity index (χ4n) is 2.60.